The van der Waals surface area contributed by atoms with Crippen LogP contribution in [0.1, 0.15) is 93.7 Å². The molecule has 5 rings (SSSR count). The highest BCUT2D eigenvalue weighted by molar-refractivity contribution is 7.84. The molecule has 1 aromatic heterocycles. The first kappa shape index (κ1) is 30.0. The van der Waals surface area contributed by atoms with Crippen LogP contribution in [0.15, 0.2) is 23.5 Å². The molecule has 1 heterocycles. The number of fused-ring (bicyclic) bond motifs is 5. The third-order valence-corrected chi connectivity index (χ3v) is 10.8. The molecule has 5 unspecified atom stereocenters. The van der Waals surface area contributed by atoms with Crippen molar-refractivity contribution in [2.75, 3.05) is 12.4 Å². The van der Waals surface area contributed by atoms with Gasteiger partial charge in [-0.05, 0) is 91.7 Å². The van der Waals surface area contributed by atoms with E-state index >= 15 is 0 Å². The van der Waals surface area contributed by atoms with Gasteiger partial charge in [0.25, 0.3) is 0 Å². The van der Waals surface area contributed by atoms with Crippen molar-refractivity contribution in [2.24, 2.45) is 33.5 Å². The molecule has 1 aromatic carbocycles. The maximum Gasteiger partial charge on any atom is 0.380 e. The van der Waals surface area contributed by atoms with Crippen molar-refractivity contribution in [3.05, 3.63) is 39.9 Å². The number of nitrogens with zero attached hydrogens (tertiary/aromatic N) is 2. The average Bonchev–Trinajstić information content (AvgIpc) is 3.40. The Kier molecular flexibility index (Phi) is 8.02. The minimum absolute atomic E-state index is 0.00302. The number of carbonyl (C=O) groups is 1. The number of hydrogen-bond acceptors (Lipinski definition) is 8. The molecule has 0 saturated heterocycles. The van der Waals surface area contributed by atoms with Crippen molar-refractivity contribution in [2.45, 2.75) is 90.9 Å². The summed E-state index contributed by atoms with van der Waals surface area (Å²) in [7, 11) is -2.53. The molecule has 224 valence electrons. The molecule has 1 amide bonds. The van der Waals surface area contributed by atoms with Crippen molar-refractivity contribution in [3.8, 4) is 5.75 Å². The molecule has 0 radical (unpaired) electrons. The highest BCUT2D eigenvalue weighted by atomic mass is 32.2. The predicted octanol–water partition coefficient (Wildman–Crippen LogP) is 5.83. The molecule has 0 aliphatic heterocycles. The van der Waals surface area contributed by atoms with Gasteiger partial charge in [-0.2, -0.15) is 13.6 Å². The van der Waals surface area contributed by atoms with Gasteiger partial charge in [0.1, 0.15) is 12.9 Å². The van der Waals surface area contributed by atoms with Gasteiger partial charge in [0.05, 0.1) is 5.71 Å². The summed E-state index contributed by atoms with van der Waals surface area (Å²) in [5.74, 6) is 1.79. The number of nitrogens with one attached hydrogen (secondary N) is 1. The summed E-state index contributed by atoms with van der Waals surface area (Å²) >= 11 is 1.49. The zero-order valence-electron chi connectivity index (χ0n) is 24.8. The minimum Gasteiger partial charge on any atom is -0.399 e. The van der Waals surface area contributed by atoms with Crippen LogP contribution in [-0.4, -0.2) is 32.1 Å². The van der Waals surface area contributed by atoms with Crippen LogP contribution in [0.5, 0.6) is 5.75 Å². The maximum atomic E-state index is 12.9. The van der Waals surface area contributed by atoms with E-state index in [1.165, 1.54) is 16.9 Å². The van der Waals surface area contributed by atoms with E-state index in [0.717, 1.165) is 60.2 Å². The zero-order chi connectivity index (χ0) is 29.7. The Morgan fingerprint density at radius 2 is 2.05 bits per heavy atom. The molecule has 2 saturated carbocycles. The third kappa shape index (κ3) is 6.03. The van der Waals surface area contributed by atoms with Crippen LogP contribution in [0.2, 0.25) is 0 Å². The lowest BCUT2D eigenvalue weighted by Crippen LogP contribution is -2.44. The second-order valence-electron chi connectivity index (χ2n) is 13.2. The molecule has 3 aliphatic rings. The number of benzene rings is 1. The first-order chi connectivity index (χ1) is 19.2. The summed E-state index contributed by atoms with van der Waals surface area (Å²) in [5, 5.41) is 13.4. The van der Waals surface area contributed by atoms with Gasteiger partial charge in [0, 0.05) is 28.5 Å². The number of rotatable bonds is 7. The maximum absolute atomic E-state index is 12.9. The van der Waals surface area contributed by atoms with E-state index in [2.05, 4.69) is 49.2 Å². The molecular weight excluding hydrogens is 560 g/mol. The Morgan fingerprint density at radius 1 is 1.29 bits per heavy atom. The Morgan fingerprint density at radius 3 is 2.68 bits per heavy atom. The number of hydrogen-bond donors (Lipinski definition) is 2. The summed E-state index contributed by atoms with van der Waals surface area (Å²) < 4.78 is 29.0. The quantitative estimate of drug-likeness (QED) is 0.383. The minimum atomic E-state index is -4.14. The smallest absolute Gasteiger partial charge is 0.380 e. The Bertz CT molecular complexity index is 1460. The van der Waals surface area contributed by atoms with Crippen LogP contribution in [0.25, 0.3) is 0 Å². The van der Waals surface area contributed by atoms with Crippen molar-refractivity contribution < 1.29 is 22.2 Å². The predicted molar refractivity (Wildman–Crippen MR) is 162 cm³/mol. The summed E-state index contributed by atoms with van der Waals surface area (Å²) in [5.41, 5.74) is 3.98. The number of aryl methyl sites for hydroxylation is 2. The molecule has 3 N–H and O–H groups in total. The van der Waals surface area contributed by atoms with Crippen molar-refractivity contribution in [1.29, 1.82) is 0 Å². The monoisotopic (exact) mass is 602 g/mol. The molecule has 0 spiro atoms. The number of oxime groups is 1. The lowest BCUT2D eigenvalue weighted by atomic mass is 9.53. The Balaban J connectivity index is 1.45. The number of amides is 1. The van der Waals surface area contributed by atoms with E-state index in [9.17, 15) is 13.2 Å². The first-order valence-corrected chi connectivity index (χ1v) is 16.7. The molecule has 2 aromatic rings. The van der Waals surface area contributed by atoms with E-state index in [-0.39, 0.29) is 16.7 Å². The molecule has 41 heavy (non-hydrogen) atoms. The van der Waals surface area contributed by atoms with Crippen molar-refractivity contribution >= 4 is 38.4 Å². The van der Waals surface area contributed by atoms with Crippen LogP contribution in [0.3, 0.4) is 0 Å². The lowest BCUT2D eigenvalue weighted by molar-refractivity contribution is -0.116. The van der Waals surface area contributed by atoms with Crippen LogP contribution in [0.4, 0.5) is 5.13 Å². The number of thiazole rings is 1. The molecular formula is C30H42N4O5S2. The summed E-state index contributed by atoms with van der Waals surface area (Å²) in [6.45, 7) is 10.5. The summed E-state index contributed by atoms with van der Waals surface area (Å²) in [6.07, 6.45) is 7.66. The van der Waals surface area contributed by atoms with E-state index in [1.807, 2.05) is 13.0 Å². The van der Waals surface area contributed by atoms with Crippen LogP contribution in [-0.2, 0) is 31.8 Å². The van der Waals surface area contributed by atoms with Gasteiger partial charge in [-0.25, -0.2) is 4.98 Å². The standard InChI is InChI=1S/C30H42N4O5S2/c1-17-16-32-28(40-17)33-26(35)10-8-19-14-25(34-38-6)30(5)12-11-20-21(27(19)30)9-7-18-13-24(39-41(31,36)37)23(15-22(18)20)29(2,3)4/h13,15-16,19-21,27H,7-12,14H2,1-6H3,(H2,31,36,37)(H,32,33,35). The number of nitrogens with two attached hydrogens (primary N) is 1. The number of aromatic nitrogens is 1. The summed E-state index contributed by atoms with van der Waals surface area (Å²) in [6, 6.07) is 4.08. The lowest BCUT2D eigenvalue weighted by Gasteiger charge is -2.50. The number of anilines is 1. The summed E-state index contributed by atoms with van der Waals surface area (Å²) in [4.78, 5) is 23.5. The zero-order valence-corrected chi connectivity index (χ0v) is 26.5. The van der Waals surface area contributed by atoms with Gasteiger partial charge >= 0.3 is 10.3 Å². The van der Waals surface area contributed by atoms with Gasteiger partial charge in [0.2, 0.25) is 5.91 Å². The van der Waals surface area contributed by atoms with E-state index < -0.39 is 10.3 Å². The highest BCUT2D eigenvalue weighted by Gasteiger charge is 2.57. The number of carbonyl (C=O) groups excluding carboxylic acids is 1. The van der Waals surface area contributed by atoms with Gasteiger partial charge in [0.15, 0.2) is 5.13 Å². The van der Waals surface area contributed by atoms with E-state index in [0.29, 0.717) is 41.0 Å². The van der Waals surface area contributed by atoms with Crippen LogP contribution in [0, 0.1) is 30.1 Å². The average molecular weight is 603 g/mol. The fourth-order valence-electron chi connectivity index (χ4n) is 7.89. The first-order valence-electron chi connectivity index (χ1n) is 14.4. The van der Waals surface area contributed by atoms with Gasteiger partial charge in [-0.1, -0.05) is 38.9 Å². The van der Waals surface area contributed by atoms with Gasteiger partial charge < -0.3 is 14.3 Å². The van der Waals surface area contributed by atoms with E-state index in [4.69, 9.17) is 14.2 Å². The van der Waals surface area contributed by atoms with Gasteiger partial charge in [-0.15, -0.1) is 11.3 Å². The molecule has 2 fully saturated rings. The SMILES string of the molecule is CON=C1CC(CCC(=O)Nc2ncc(C)s2)C2C3CCc4cc(OS(N)(=O)=O)c(C(C)(C)C)cc4C3CCC12C. The van der Waals surface area contributed by atoms with Gasteiger partial charge in [-0.3, -0.25) is 4.79 Å². The highest BCUT2D eigenvalue weighted by Crippen LogP contribution is 2.63. The van der Waals surface area contributed by atoms with E-state index in [1.54, 1.807) is 13.3 Å². The molecule has 5 atom stereocenters. The van der Waals surface area contributed by atoms with Crippen LogP contribution < -0.4 is 14.6 Å². The van der Waals surface area contributed by atoms with Crippen molar-refractivity contribution in [1.82, 2.24) is 4.98 Å². The normalized spacial score (nSPS) is 28.5. The molecule has 0 bridgehead atoms. The van der Waals surface area contributed by atoms with Crippen LogP contribution >= 0.6 is 11.3 Å². The fourth-order valence-corrected chi connectivity index (χ4v) is 8.96. The largest absolute Gasteiger partial charge is 0.399 e. The molecule has 9 nitrogen and oxygen atoms in total. The Labute approximate surface area is 247 Å². The van der Waals surface area contributed by atoms with Crippen molar-refractivity contribution in [3.63, 3.8) is 0 Å². The fraction of sp³-hybridized carbons (Fsp3) is 0.633. The Hall–Kier alpha value is -2.50. The third-order valence-electron chi connectivity index (χ3n) is 9.52. The molecule has 11 heteroatoms. The topological polar surface area (TPSA) is 133 Å². The molecule has 3 aliphatic carbocycles. The second-order valence-corrected chi connectivity index (χ2v) is 15.6. The second kappa shape index (κ2) is 11.0.